The van der Waals surface area contributed by atoms with Gasteiger partial charge in [0, 0.05) is 14.5 Å². The Kier molecular flexibility index (Phi) is 5.82. The first kappa shape index (κ1) is 15.7. The molecule has 0 aromatic carbocycles. The van der Waals surface area contributed by atoms with Crippen molar-refractivity contribution < 1.29 is 9.47 Å². The number of ether oxygens (including phenoxy) is 2. The summed E-state index contributed by atoms with van der Waals surface area (Å²) in [6.45, 7) is 15.5. The fourth-order valence-electron chi connectivity index (χ4n) is 2.46. The highest BCUT2D eigenvalue weighted by Crippen LogP contribution is 2.26. The first-order valence-corrected chi connectivity index (χ1v) is 10.6. The largest absolute Gasteiger partial charge is 0.346 e. The van der Waals surface area contributed by atoms with Gasteiger partial charge in [-0.25, -0.2) is 0 Å². The average molecular weight is 268 g/mol. The number of rotatable bonds is 5. The minimum Gasteiger partial charge on any atom is -0.346 e. The number of allylic oxidation sites excluding steroid dienone is 1. The van der Waals surface area contributed by atoms with Crippen LogP contribution in [0.3, 0.4) is 0 Å². The van der Waals surface area contributed by atoms with Crippen LogP contribution in [0.25, 0.3) is 0 Å². The molecule has 0 amide bonds. The molecule has 1 aliphatic heterocycles. The quantitative estimate of drug-likeness (QED) is 0.544. The lowest BCUT2D eigenvalue weighted by Gasteiger charge is -2.33. The van der Waals surface area contributed by atoms with Gasteiger partial charge in [-0.15, -0.1) is 6.58 Å². The second-order valence-corrected chi connectivity index (χ2v) is 12.0. The normalized spacial score (nSPS) is 29.7. The van der Waals surface area contributed by atoms with Crippen LogP contribution in [-0.4, -0.2) is 26.6 Å². The van der Waals surface area contributed by atoms with Crippen molar-refractivity contribution in [3.63, 3.8) is 0 Å². The predicted molar refractivity (Wildman–Crippen MR) is 80.5 cm³/mol. The maximum atomic E-state index is 5.93. The Morgan fingerprint density at radius 2 is 2.00 bits per heavy atom. The zero-order valence-corrected chi connectivity index (χ0v) is 13.5. The van der Waals surface area contributed by atoms with E-state index in [4.69, 9.17) is 9.47 Å². The molecule has 1 saturated heterocycles. The number of hydrogen-bond acceptors (Lipinski definition) is 2. The minimum atomic E-state index is -1.05. The van der Waals surface area contributed by atoms with E-state index >= 15 is 0 Å². The van der Waals surface area contributed by atoms with E-state index in [2.05, 4.69) is 33.1 Å². The molecule has 3 heteroatoms. The molecule has 0 saturated carbocycles. The van der Waals surface area contributed by atoms with E-state index in [1.54, 1.807) is 0 Å². The van der Waals surface area contributed by atoms with E-state index in [9.17, 15) is 0 Å². The smallest absolute Gasteiger partial charge is 0.177 e. The first-order valence-electron chi connectivity index (χ1n) is 6.90. The van der Waals surface area contributed by atoms with E-state index in [0.717, 1.165) is 12.8 Å². The van der Waals surface area contributed by atoms with Crippen LogP contribution >= 0.6 is 0 Å². The Bertz CT molecular complexity index is 304. The van der Waals surface area contributed by atoms with Gasteiger partial charge < -0.3 is 9.47 Å². The Balaban J connectivity index is 2.48. The van der Waals surface area contributed by atoms with Gasteiger partial charge in [0.2, 0.25) is 0 Å². The van der Waals surface area contributed by atoms with Crippen LogP contribution in [-0.2, 0) is 9.47 Å². The van der Waals surface area contributed by atoms with Gasteiger partial charge in [0.15, 0.2) is 6.29 Å². The molecule has 104 valence electrons. The molecule has 0 radical (unpaired) electrons. The monoisotopic (exact) mass is 268 g/mol. The fraction of sp³-hybridized carbons (Fsp3) is 0.733. The summed E-state index contributed by atoms with van der Waals surface area (Å²) in [4.78, 5) is 0. The molecule has 0 aliphatic carbocycles. The van der Waals surface area contributed by atoms with Gasteiger partial charge in [-0.1, -0.05) is 31.3 Å². The molecule has 0 aromatic rings. The highest BCUT2D eigenvalue weighted by atomic mass is 28.3. The molecule has 1 fully saturated rings. The molecular formula is C15H28O2Si. The molecule has 0 bridgehead atoms. The van der Waals surface area contributed by atoms with Gasteiger partial charge in [-0.3, -0.25) is 0 Å². The third-order valence-corrected chi connectivity index (χ3v) is 4.49. The summed E-state index contributed by atoms with van der Waals surface area (Å²) < 4.78 is 11.6. The molecular weight excluding hydrogens is 240 g/mol. The lowest BCUT2D eigenvalue weighted by Crippen LogP contribution is -2.36. The summed E-state index contributed by atoms with van der Waals surface area (Å²) in [5, 5.41) is 0. The topological polar surface area (TPSA) is 18.5 Å². The molecule has 1 aliphatic rings. The molecule has 1 heterocycles. The van der Waals surface area contributed by atoms with Crippen molar-refractivity contribution in [2.45, 2.75) is 70.9 Å². The zero-order valence-electron chi connectivity index (χ0n) is 12.5. The van der Waals surface area contributed by atoms with Gasteiger partial charge in [-0.05, 0) is 32.4 Å². The van der Waals surface area contributed by atoms with Gasteiger partial charge in [-0.2, -0.15) is 0 Å². The molecule has 1 unspecified atom stereocenters. The van der Waals surface area contributed by atoms with Crippen molar-refractivity contribution in [1.82, 2.24) is 0 Å². The highest BCUT2D eigenvalue weighted by molar-refractivity contribution is 6.76. The van der Waals surface area contributed by atoms with Crippen LogP contribution < -0.4 is 0 Å². The molecule has 0 aromatic heterocycles. The van der Waals surface area contributed by atoms with Crippen LogP contribution in [0.2, 0.25) is 25.7 Å². The Morgan fingerprint density at radius 3 is 2.56 bits per heavy atom. The fourth-order valence-corrected chi connectivity index (χ4v) is 4.10. The van der Waals surface area contributed by atoms with E-state index in [1.807, 2.05) is 19.1 Å². The van der Waals surface area contributed by atoms with Crippen molar-refractivity contribution in [2.75, 3.05) is 0 Å². The lowest BCUT2D eigenvalue weighted by molar-refractivity contribution is -0.214. The maximum Gasteiger partial charge on any atom is 0.177 e. The summed E-state index contributed by atoms with van der Waals surface area (Å²) in [6.07, 6.45) is 6.26. The number of hydrogen-bond donors (Lipinski definition) is 0. The van der Waals surface area contributed by atoms with Gasteiger partial charge in [0.05, 0.1) is 12.2 Å². The standard InChI is InChI=1S/C15H28O2Si/c1-7-8-15-16-13(3)10-14(17-15)9-12(2)11-18(4,5)6/h7-8,13-15H,2,9-11H2,1,3-6H3/b8-7+/t13?,14-,15+/m0/s1. The second-order valence-electron chi connectivity index (χ2n) is 6.53. The third kappa shape index (κ3) is 5.98. The lowest BCUT2D eigenvalue weighted by atomic mass is 10.0. The summed E-state index contributed by atoms with van der Waals surface area (Å²) in [7, 11) is -1.05. The van der Waals surface area contributed by atoms with Crippen molar-refractivity contribution in [3.05, 3.63) is 24.3 Å². The molecule has 0 spiro atoms. The van der Waals surface area contributed by atoms with E-state index in [1.165, 1.54) is 11.6 Å². The van der Waals surface area contributed by atoms with Crippen LogP contribution in [0.4, 0.5) is 0 Å². The van der Waals surface area contributed by atoms with E-state index < -0.39 is 8.07 Å². The minimum absolute atomic E-state index is 0.177. The first-order chi connectivity index (χ1) is 8.30. The van der Waals surface area contributed by atoms with Gasteiger partial charge in [0.1, 0.15) is 0 Å². The van der Waals surface area contributed by atoms with Crippen molar-refractivity contribution >= 4 is 8.07 Å². The van der Waals surface area contributed by atoms with Crippen molar-refractivity contribution in [1.29, 1.82) is 0 Å². The summed E-state index contributed by atoms with van der Waals surface area (Å²) in [6, 6.07) is 1.19. The molecule has 2 nitrogen and oxygen atoms in total. The van der Waals surface area contributed by atoms with E-state index in [0.29, 0.717) is 0 Å². The summed E-state index contributed by atoms with van der Waals surface area (Å²) >= 11 is 0. The van der Waals surface area contributed by atoms with Crippen LogP contribution in [0, 0.1) is 0 Å². The Morgan fingerprint density at radius 1 is 1.33 bits per heavy atom. The summed E-state index contributed by atoms with van der Waals surface area (Å²) in [5.41, 5.74) is 1.34. The Hall–Kier alpha value is -0.383. The van der Waals surface area contributed by atoms with Crippen molar-refractivity contribution in [3.8, 4) is 0 Å². The molecule has 3 atom stereocenters. The SMILES string of the molecule is C=C(C[C@H]1CC(C)O[C@@H](/C=C/C)O1)C[Si](C)(C)C. The van der Waals surface area contributed by atoms with Crippen LogP contribution in [0.15, 0.2) is 24.3 Å². The highest BCUT2D eigenvalue weighted by Gasteiger charge is 2.27. The molecule has 0 N–H and O–H groups in total. The van der Waals surface area contributed by atoms with Crippen molar-refractivity contribution in [2.24, 2.45) is 0 Å². The summed E-state index contributed by atoms with van der Waals surface area (Å²) in [5.74, 6) is 0. The average Bonchev–Trinajstić information content (AvgIpc) is 2.12. The van der Waals surface area contributed by atoms with Crippen LogP contribution in [0.5, 0.6) is 0 Å². The molecule has 18 heavy (non-hydrogen) atoms. The molecule has 1 rings (SSSR count). The van der Waals surface area contributed by atoms with E-state index in [-0.39, 0.29) is 18.5 Å². The second kappa shape index (κ2) is 6.69. The van der Waals surface area contributed by atoms with Crippen LogP contribution in [0.1, 0.15) is 26.7 Å². The predicted octanol–water partition coefficient (Wildman–Crippen LogP) is 4.37. The van der Waals surface area contributed by atoms with Gasteiger partial charge >= 0.3 is 0 Å². The third-order valence-electron chi connectivity index (χ3n) is 2.93. The Labute approximate surface area is 113 Å². The zero-order chi connectivity index (χ0) is 13.8. The van der Waals surface area contributed by atoms with Gasteiger partial charge in [0.25, 0.3) is 0 Å². The maximum absolute atomic E-state index is 5.93.